The van der Waals surface area contributed by atoms with Crippen LogP contribution in [0.4, 0.5) is 0 Å². The van der Waals surface area contributed by atoms with Gasteiger partial charge >= 0.3 is 0 Å². The number of benzene rings is 2. The third-order valence-corrected chi connectivity index (χ3v) is 6.91. The van der Waals surface area contributed by atoms with Gasteiger partial charge < -0.3 is 4.74 Å². The molecule has 4 heteroatoms. The maximum atomic E-state index is 13.3. The molecule has 0 aliphatic heterocycles. The molecule has 0 N–H and O–H groups in total. The highest BCUT2D eigenvalue weighted by molar-refractivity contribution is 7.85. The molecule has 0 radical (unpaired) electrons. The molecule has 2 aromatic carbocycles. The Morgan fingerprint density at radius 2 is 1.74 bits per heavy atom. The van der Waals surface area contributed by atoms with Gasteiger partial charge in [-0.1, -0.05) is 64.3 Å². The molecule has 0 amide bonds. The number of rotatable bonds is 4. The van der Waals surface area contributed by atoms with Crippen LogP contribution in [0, 0.1) is 11.3 Å². The molecule has 1 aliphatic rings. The van der Waals surface area contributed by atoms with Crippen LogP contribution in [0.25, 0.3) is 0 Å². The summed E-state index contributed by atoms with van der Waals surface area (Å²) in [4.78, 5) is 0.643. The van der Waals surface area contributed by atoms with Gasteiger partial charge in [-0.2, -0.15) is 5.26 Å². The minimum atomic E-state index is -1.17. The van der Waals surface area contributed by atoms with E-state index in [4.69, 9.17) is 4.74 Å². The highest BCUT2D eigenvalue weighted by Crippen LogP contribution is 2.39. The molecule has 0 spiro atoms. The van der Waals surface area contributed by atoms with Gasteiger partial charge in [-0.05, 0) is 36.5 Å². The van der Waals surface area contributed by atoms with Crippen LogP contribution >= 0.6 is 0 Å². The fraction of sp³-hybridized carbons (Fsp3) is 0.435. The predicted octanol–water partition coefficient (Wildman–Crippen LogP) is 6.09. The second kappa shape index (κ2) is 8.27. The van der Waals surface area contributed by atoms with E-state index in [1.54, 1.807) is 12.1 Å². The predicted molar refractivity (Wildman–Crippen MR) is 110 cm³/mol. The maximum Gasteiger partial charge on any atom is 0.161 e. The van der Waals surface area contributed by atoms with Crippen LogP contribution in [-0.2, 0) is 16.2 Å². The summed E-state index contributed by atoms with van der Waals surface area (Å²) in [6.07, 6.45) is 5.41. The Kier molecular flexibility index (Phi) is 6.01. The van der Waals surface area contributed by atoms with Crippen molar-refractivity contribution in [3.05, 3.63) is 53.6 Å². The largest absolute Gasteiger partial charge is 0.454 e. The summed E-state index contributed by atoms with van der Waals surface area (Å²) < 4.78 is 19.6. The molecule has 0 saturated heterocycles. The minimum Gasteiger partial charge on any atom is -0.454 e. The molecular formula is C23H27NO2S. The summed E-state index contributed by atoms with van der Waals surface area (Å²) in [6, 6.07) is 15.5. The van der Waals surface area contributed by atoms with Crippen molar-refractivity contribution < 1.29 is 8.95 Å². The zero-order chi connectivity index (χ0) is 19.4. The Balaban J connectivity index is 2.03. The van der Waals surface area contributed by atoms with Crippen molar-refractivity contribution in [3.63, 3.8) is 0 Å². The Hall–Kier alpha value is -2.12. The molecule has 3 rings (SSSR count). The van der Waals surface area contributed by atoms with Crippen molar-refractivity contribution in [1.82, 2.24) is 0 Å². The van der Waals surface area contributed by atoms with Crippen molar-refractivity contribution in [2.75, 3.05) is 0 Å². The van der Waals surface area contributed by atoms with Crippen molar-refractivity contribution in [1.29, 1.82) is 5.26 Å². The smallest absolute Gasteiger partial charge is 0.161 e. The topological polar surface area (TPSA) is 50.1 Å². The average Bonchev–Trinajstić information content (AvgIpc) is 2.68. The van der Waals surface area contributed by atoms with E-state index in [2.05, 4.69) is 26.8 Å². The van der Waals surface area contributed by atoms with E-state index in [9.17, 15) is 9.47 Å². The third-order valence-electron chi connectivity index (χ3n) is 5.08. The normalized spacial score (nSPS) is 16.5. The molecule has 0 bridgehead atoms. The number of hydrogen-bond acceptors (Lipinski definition) is 3. The fourth-order valence-electron chi connectivity index (χ4n) is 3.61. The first-order chi connectivity index (χ1) is 12.9. The molecule has 1 aliphatic carbocycles. The third kappa shape index (κ3) is 4.42. The van der Waals surface area contributed by atoms with E-state index in [0.717, 1.165) is 37.0 Å². The van der Waals surface area contributed by atoms with Crippen LogP contribution in [0.15, 0.2) is 47.4 Å². The van der Waals surface area contributed by atoms with Gasteiger partial charge in [-0.25, -0.2) is 0 Å². The number of hydrogen-bond donors (Lipinski definition) is 0. The Morgan fingerprint density at radius 3 is 2.41 bits per heavy atom. The second-order valence-electron chi connectivity index (χ2n) is 8.15. The number of ether oxygens (including phenoxy) is 1. The van der Waals surface area contributed by atoms with Gasteiger partial charge in [0.2, 0.25) is 0 Å². The summed E-state index contributed by atoms with van der Waals surface area (Å²) >= 11 is 0. The SMILES string of the molecule is CC(C)(C)c1ccccc1Oc1c(C#N)cccc1S(=O)C1CCCCC1. The summed E-state index contributed by atoms with van der Waals surface area (Å²) in [5, 5.41) is 9.76. The maximum absolute atomic E-state index is 13.3. The van der Waals surface area contributed by atoms with Crippen LogP contribution in [0.2, 0.25) is 0 Å². The lowest BCUT2D eigenvalue weighted by atomic mass is 9.86. The van der Waals surface area contributed by atoms with E-state index in [-0.39, 0.29) is 10.7 Å². The highest BCUT2D eigenvalue weighted by Gasteiger charge is 2.26. The fourth-order valence-corrected chi connectivity index (χ4v) is 5.28. The first-order valence-electron chi connectivity index (χ1n) is 9.63. The van der Waals surface area contributed by atoms with Crippen LogP contribution in [0.3, 0.4) is 0 Å². The first-order valence-corrected chi connectivity index (χ1v) is 10.8. The molecule has 27 heavy (non-hydrogen) atoms. The van der Waals surface area contributed by atoms with Crippen LogP contribution < -0.4 is 4.74 Å². The molecule has 0 heterocycles. The van der Waals surface area contributed by atoms with Gasteiger partial charge in [-0.15, -0.1) is 0 Å². The highest BCUT2D eigenvalue weighted by atomic mass is 32.2. The van der Waals surface area contributed by atoms with Gasteiger partial charge in [0.05, 0.1) is 21.3 Å². The molecule has 3 nitrogen and oxygen atoms in total. The van der Waals surface area contributed by atoms with E-state index in [0.29, 0.717) is 16.2 Å². The van der Waals surface area contributed by atoms with Gasteiger partial charge in [0, 0.05) is 10.8 Å². The van der Waals surface area contributed by atoms with Crippen molar-refractivity contribution in [2.45, 2.75) is 68.4 Å². The standard InChI is InChI=1S/C23H27NO2S/c1-23(2,3)19-13-7-8-14-20(19)26-22-17(16-24)10-9-15-21(22)27(25)18-11-5-4-6-12-18/h7-10,13-15,18H,4-6,11-12H2,1-3H3. The van der Waals surface area contributed by atoms with Crippen LogP contribution in [0.5, 0.6) is 11.5 Å². The summed E-state index contributed by atoms with van der Waals surface area (Å²) in [5.41, 5.74) is 1.40. The lowest BCUT2D eigenvalue weighted by Gasteiger charge is -2.25. The molecule has 142 valence electrons. The van der Waals surface area contributed by atoms with Gasteiger partial charge in [0.25, 0.3) is 0 Å². The molecule has 2 aromatic rings. The molecule has 1 atom stereocenters. The van der Waals surface area contributed by atoms with E-state index in [1.165, 1.54) is 6.42 Å². The molecule has 1 saturated carbocycles. The van der Waals surface area contributed by atoms with E-state index < -0.39 is 10.8 Å². The molecular weight excluding hydrogens is 354 g/mol. The van der Waals surface area contributed by atoms with Crippen molar-refractivity contribution in [3.8, 4) is 17.6 Å². The quantitative estimate of drug-likeness (QED) is 0.644. The Morgan fingerprint density at radius 1 is 1.04 bits per heavy atom. The lowest BCUT2D eigenvalue weighted by molar-refractivity contribution is 0.443. The zero-order valence-corrected chi connectivity index (χ0v) is 17.1. The molecule has 1 fully saturated rings. The first kappa shape index (κ1) is 19.6. The Bertz CT molecular complexity index is 871. The summed E-state index contributed by atoms with van der Waals surface area (Å²) in [6.45, 7) is 6.39. The van der Waals surface area contributed by atoms with Gasteiger partial charge in [0.1, 0.15) is 11.8 Å². The lowest BCUT2D eigenvalue weighted by Crippen LogP contribution is -2.19. The molecule has 1 unspecified atom stereocenters. The number of nitrogens with zero attached hydrogens (tertiary/aromatic N) is 1. The van der Waals surface area contributed by atoms with Crippen LogP contribution in [0.1, 0.15) is 64.0 Å². The monoisotopic (exact) mass is 381 g/mol. The zero-order valence-electron chi connectivity index (χ0n) is 16.3. The van der Waals surface area contributed by atoms with Gasteiger partial charge in [-0.3, -0.25) is 4.21 Å². The van der Waals surface area contributed by atoms with E-state index >= 15 is 0 Å². The average molecular weight is 382 g/mol. The van der Waals surface area contributed by atoms with Crippen molar-refractivity contribution in [2.24, 2.45) is 0 Å². The second-order valence-corrected chi connectivity index (χ2v) is 9.85. The number of para-hydroxylation sites is 2. The minimum absolute atomic E-state index is 0.0964. The summed E-state index contributed by atoms with van der Waals surface area (Å²) in [7, 11) is -1.17. The van der Waals surface area contributed by atoms with Crippen molar-refractivity contribution >= 4 is 10.8 Å². The number of nitriles is 1. The van der Waals surface area contributed by atoms with E-state index in [1.807, 2.05) is 30.3 Å². The van der Waals surface area contributed by atoms with Crippen LogP contribution in [-0.4, -0.2) is 9.46 Å². The summed E-state index contributed by atoms with van der Waals surface area (Å²) in [5.74, 6) is 1.16. The molecule has 0 aromatic heterocycles. The van der Waals surface area contributed by atoms with Gasteiger partial charge in [0.15, 0.2) is 5.75 Å². The Labute approximate surface area is 164 Å².